The van der Waals surface area contributed by atoms with Crippen molar-refractivity contribution >= 4 is 33.3 Å². The molecular formula is C14H17N3O2S. The van der Waals surface area contributed by atoms with E-state index in [1.807, 2.05) is 12.1 Å². The first kappa shape index (κ1) is 13.2. The number of aromatic amines is 1. The van der Waals surface area contributed by atoms with Crippen molar-refractivity contribution in [1.82, 2.24) is 10.3 Å². The summed E-state index contributed by atoms with van der Waals surface area (Å²) in [6.45, 7) is 0. The molecule has 5 nitrogen and oxygen atoms in total. The van der Waals surface area contributed by atoms with Gasteiger partial charge in [-0.1, -0.05) is 0 Å². The molecule has 1 aliphatic rings. The number of carbonyl (C=O) groups excluding carboxylic acids is 1. The van der Waals surface area contributed by atoms with Gasteiger partial charge in [0.2, 0.25) is 0 Å². The lowest BCUT2D eigenvalue weighted by Crippen LogP contribution is -2.39. The van der Waals surface area contributed by atoms with Crippen molar-refractivity contribution < 1.29 is 9.00 Å². The van der Waals surface area contributed by atoms with Crippen LogP contribution < -0.4 is 11.1 Å². The number of aromatic nitrogens is 1. The van der Waals surface area contributed by atoms with Gasteiger partial charge in [0.05, 0.1) is 5.56 Å². The predicted molar refractivity (Wildman–Crippen MR) is 81.1 cm³/mol. The molecule has 0 radical (unpaired) electrons. The quantitative estimate of drug-likeness (QED) is 0.731. The Morgan fingerprint density at radius 1 is 1.35 bits per heavy atom. The van der Waals surface area contributed by atoms with E-state index in [-0.39, 0.29) is 11.9 Å². The number of benzene rings is 1. The van der Waals surface area contributed by atoms with Crippen molar-refractivity contribution in [3.63, 3.8) is 0 Å². The van der Waals surface area contributed by atoms with Crippen molar-refractivity contribution in [2.24, 2.45) is 0 Å². The number of H-pyrrole nitrogens is 1. The van der Waals surface area contributed by atoms with E-state index < -0.39 is 10.8 Å². The van der Waals surface area contributed by atoms with Gasteiger partial charge < -0.3 is 16.0 Å². The summed E-state index contributed by atoms with van der Waals surface area (Å²) in [6, 6.07) is 5.58. The lowest BCUT2D eigenvalue weighted by Gasteiger charge is -2.22. The number of fused-ring (bicyclic) bond motifs is 1. The zero-order valence-corrected chi connectivity index (χ0v) is 11.8. The van der Waals surface area contributed by atoms with Crippen LogP contribution in [0.3, 0.4) is 0 Å². The molecule has 106 valence electrons. The molecule has 1 saturated heterocycles. The van der Waals surface area contributed by atoms with Crippen molar-refractivity contribution in [3.05, 3.63) is 30.0 Å². The molecule has 0 atom stereocenters. The Morgan fingerprint density at radius 2 is 2.10 bits per heavy atom. The van der Waals surface area contributed by atoms with Crippen molar-refractivity contribution in [2.75, 3.05) is 17.2 Å². The molecule has 0 saturated carbocycles. The van der Waals surface area contributed by atoms with E-state index in [2.05, 4.69) is 10.3 Å². The van der Waals surface area contributed by atoms with Crippen LogP contribution in [-0.4, -0.2) is 32.6 Å². The van der Waals surface area contributed by atoms with Gasteiger partial charge in [-0.2, -0.15) is 0 Å². The van der Waals surface area contributed by atoms with Crippen LogP contribution in [0.1, 0.15) is 23.2 Å². The molecule has 1 fully saturated rings. The SMILES string of the molecule is Nc1ccc2c(C(=O)NC3CCS(=O)CC3)c[nH]c2c1. The van der Waals surface area contributed by atoms with Crippen LogP contribution in [0, 0.1) is 0 Å². The number of hydrogen-bond acceptors (Lipinski definition) is 3. The van der Waals surface area contributed by atoms with E-state index in [1.54, 1.807) is 12.3 Å². The molecule has 2 aromatic rings. The predicted octanol–water partition coefficient (Wildman–Crippen LogP) is 1.39. The van der Waals surface area contributed by atoms with Crippen molar-refractivity contribution in [1.29, 1.82) is 0 Å². The summed E-state index contributed by atoms with van der Waals surface area (Å²) < 4.78 is 11.3. The van der Waals surface area contributed by atoms with E-state index in [0.717, 1.165) is 23.7 Å². The summed E-state index contributed by atoms with van der Waals surface area (Å²) in [5, 5.41) is 3.90. The molecular weight excluding hydrogens is 274 g/mol. The van der Waals surface area contributed by atoms with Crippen LogP contribution >= 0.6 is 0 Å². The minimum Gasteiger partial charge on any atom is -0.399 e. The Morgan fingerprint density at radius 3 is 2.85 bits per heavy atom. The summed E-state index contributed by atoms with van der Waals surface area (Å²) in [5.41, 5.74) is 7.88. The fraction of sp³-hybridized carbons (Fsp3) is 0.357. The highest BCUT2D eigenvalue weighted by atomic mass is 32.2. The first-order valence-electron chi connectivity index (χ1n) is 6.66. The van der Waals surface area contributed by atoms with Gasteiger partial charge in [-0.25, -0.2) is 0 Å². The molecule has 6 heteroatoms. The fourth-order valence-electron chi connectivity index (χ4n) is 2.53. The average molecular weight is 291 g/mol. The summed E-state index contributed by atoms with van der Waals surface area (Å²) in [7, 11) is -0.709. The number of nitrogen functional groups attached to an aromatic ring is 1. The molecule has 0 unspecified atom stereocenters. The Hall–Kier alpha value is -1.82. The molecule has 1 amide bonds. The zero-order valence-electron chi connectivity index (χ0n) is 11.0. The molecule has 4 N–H and O–H groups in total. The van der Waals surface area contributed by atoms with Crippen LogP contribution in [0.5, 0.6) is 0 Å². The first-order chi connectivity index (χ1) is 9.63. The monoisotopic (exact) mass is 291 g/mol. The number of nitrogens with one attached hydrogen (secondary N) is 2. The summed E-state index contributed by atoms with van der Waals surface area (Å²) in [5.74, 6) is 1.27. The lowest BCUT2D eigenvalue weighted by atomic mass is 10.1. The third kappa shape index (κ3) is 2.56. The highest BCUT2D eigenvalue weighted by Crippen LogP contribution is 2.21. The first-order valence-corrected chi connectivity index (χ1v) is 8.15. The summed E-state index contributed by atoms with van der Waals surface area (Å²) in [4.78, 5) is 15.4. The van der Waals surface area contributed by atoms with E-state index in [9.17, 15) is 9.00 Å². The molecule has 0 aliphatic carbocycles. The average Bonchev–Trinajstić information content (AvgIpc) is 2.84. The minimum absolute atomic E-state index is 0.0845. The molecule has 20 heavy (non-hydrogen) atoms. The summed E-state index contributed by atoms with van der Waals surface area (Å²) in [6.07, 6.45) is 3.28. The minimum atomic E-state index is -0.709. The van der Waals surface area contributed by atoms with Gasteiger partial charge in [0.1, 0.15) is 0 Å². The Bertz CT molecular complexity index is 670. The van der Waals surface area contributed by atoms with Crippen molar-refractivity contribution in [2.45, 2.75) is 18.9 Å². The summed E-state index contributed by atoms with van der Waals surface area (Å²) >= 11 is 0. The Balaban J connectivity index is 1.77. The van der Waals surface area contributed by atoms with Gasteiger partial charge in [0.15, 0.2) is 0 Å². The smallest absolute Gasteiger partial charge is 0.253 e. The number of nitrogens with two attached hydrogens (primary N) is 1. The third-order valence-corrected chi connectivity index (χ3v) is 5.06. The van der Waals surface area contributed by atoms with Gasteiger partial charge in [-0.05, 0) is 31.0 Å². The second-order valence-corrected chi connectivity index (χ2v) is 6.80. The molecule has 3 rings (SSSR count). The maximum absolute atomic E-state index is 12.3. The molecule has 1 aromatic heterocycles. The van der Waals surface area contributed by atoms with Gasteiger partial charge in [0.25, 0.3) is 5.91 Å². The van der Waals surface area contributed by atoms with E-state index >= 15 is 0 Å². The number of rotatable bonds is 2. The van der Waals surface area contributed by atoms with E-state index in [4.69, 9.17) is 5.73 Å². The second-order valence-electron chi connectivity index (χ2n) is 5.10. The third-order valence-electron chi connectivity index (χ3n) is 3.67. The van der Waals surface area contributed by atoms with Crippen LogP contribution in [0.2, 0.25) is 0 Å². The molecule has 0 spiro atoms. The largest absolute Gasteiger partial charge is 0.399 e. The highest BCUT2D eigenvalue weighted by molar-refractivity contribution is 7.85. The maximum Gasteiger partial charge on any atom is 0.253 e. The second kappa shape index (κ2) is 5.28. The Labute approximate surface area is 119 Å². The van der Waals surface area contributed by atoms with Crippen LogP contribution in [0.15, 0.2) is 24.4 Å². The highest BCUT2D eigenvalue weighted by Gasteiger charge is 2.21. The maximum atomic E-state index is 12.3. The Kier molecular flexibility index (Phi) is 3.48. The normalized spacial score (nSPS) is 22.8. The zero-order chi connectivity index (χ0) is 14.1. The van der Waals surface area contributed by atoms with Gasteiger partial charge >= 0.3 is 0 Å². The van der Waals surface area contributed by atoms with Gasteiger partial charge in [-0.15, -0.1) is 0 Å². The topological polar surface area (TPSA) is 88.0 Å². The number of carbonyl (C=O) groups is 1. The van der Waals surface area contributed by atoms with Gasteiger partial charge in [-0.3, -0.25) is 9.00 Å². The van der Waals surface area contributed by atoms with Crippen molar-refractivity contribution in [3.8, 4) is 0 Å². The molecule has 0 bridgehead atoms. The van der Waals surface area contributed by atoms with Crippen LogP contribution in [0.25, 0.3) is 10.9 Å². The molecule has 1 aromatic carbocycles. The number of amides is 1. The standard InChI is InChI=1S/C14H17N3O2S/c15-9-1-2-11-12(8-16-13(11)7-9)14(18)17-10-3-5-20(19)6-4-10/h1-2,7-8,10,16H,3-6,15H2,(H,17,18). The van der Waals surface area contributed by atoms with E-state index in [1.165, 1.54) is 0 Å². The fourth-order valence-corrected chi connectivity index (χ4v) is 3.83. The molecule has 2 heterocycles. The number of anilines is 1. The lowest BCUT2D eigenvalue weighted by molar-refractivity contribution is 0.0936. The van der Waals surface area contributed by atoms with Crippen LogP contribution in [-0.2, 0) is 10.8 Å². The van der Waals surface area contributed by atoms with Crippen LogP contribution in [0.4, 0.5) is 5.69 Å². The number of hydrogen-bond donors (Lipinski definition) is 3. The molecule has 1 aliphatic heterocycles. The van der Waals surface area contributed by atoms with Gasteiger partial charge in [0, 0.05) is 51.1 Å². The van der Waals surface area contributed by atoms with E-state index in [0.29, 0.717) is 22.8 Å².